The summed E-state index contributed by atoms with van der Waals surface area (Å²) in [7, 11) is 0. The summed E-state index contributed by atoms with van der Waals surface area (Å²) in [4.78, 5) is 11.6. The van der Waals surface area contributed by atoms with E-state index in [4.69, 9.17) is 0 Å². The molecule has 0 spiro atoms. The van der Waals surface area contributed by atoms with E-state index in [1.54, 1.807) is 18.2 Å². The van der Waals surface area contributed by atoms with Gasteiger partial charge in [0, 0.05) is 13.1 Å². The molecule has 0 heterocycles. The predicted molar refractivity (Wildman–Crippen MR) is 86.4 cm³/mol. The molecular weight excluding hydrogens is 279 g/mol. The van der Waals surface area contributed by atoms with Gasteiger partial charge >= 0.3 is 6.03 Å². The Labute approximate surface area is 130 Å². The molecule has 0 aliphatic carbocycles. The number of urea groups is 1. The summed E-state index contributed by atoms with van der Waals surface area (Å²) in [5, 5.41) is 5.54. The molecule has 0 saturated carbocycles. The molecule has 0 atom stereocenters. The second kappa shape index (κ2) is 8.17. The average molecular weight is 300 g/mol. The first kappa shape index (κ1) is 16.0. The Morgan fingerprint density at radius 1 is 0.955 bits per heavy atom. The smallest absolute Gasteiger partial charge is 0.314 e. The number of carbonyl (C=O) groups is 1. The van der Waals surface area contributed by atoms with Crippen molar-refractivity contribution in [2.75, 3.05) is 13.1 Å². The molecule has 0 aliphatic heterocycles. The maximum absolute atomic E-state index is 13.4. The summed E-state index contributed by atoms with van der Waals surface area (Å²) >= 11 is 0. The zero-order valence-electron chi connectivity index (χ0n) is 12.7. The lowest BCUT2D eigenvalue weighted by Crippen LogP contribution is -2.37. The van der Waals surface area contributed by atoms with Crippen LogP contribution in [0.1, 0.15) is 16.7 Å². The van der Waals surface area contributed by atoms with E-state index in [9.17, 15) is 9.18 Å². The van der Waals surface area contributed by atoms with Gasteiger partial charge in [-0.05, 0) is 37.0 Å². The number of rotatable bonds is 6. The van der Waals surface area contributed by atoms with Crippen molar-refractivity contribution in [1.29, 1.82) is 0 Å². The molecule has 0 bridgehead atoms. The number of carbonyl (C=O) groups excluding carboxylic acids is 1. The molecule has 2 aromatic rings. The molecule has 2 rings (SSSR count). The first-order valence-electron chi connectivity index (χ1n) is 7.46. The highest BCUT2D eigenvalue weighted by molar-refractivity contribution is 5.73. The molecule has 0 unspecified atom stereocenters. The minimum atomic E-state index is -0.232. The molecule has 0 fully saturated rings. The third-order valence-electron chi connectivity index (χ3n) is 3.46. The number of hydrogen-bond acceptors (Lipinski definition) is 1. The second-order valence-electron chi connectivity index (χ2n) is 5.26. The van der Waals surface area contributed by atoms with Crippen LogP contribution in [-0.2, 0) is 12.8 Å². The van der Waals surface area contributed by atoms with Gasteiger partial charge in [-0.25, -0.2) is 9.18 Å². The van der Waals surface area contributed by atoms with Crippen molar-refractivity contribution in [3.8, 4) is 0 Å². The van der Waals surface area contributed by atoms with Crippen molar-refractivity contribution in [1.82, 2.24) is 10.6 Å². The third kappa shape index (κ3) is 5.20. The summed E-state index contributed by atoms with van der Waals surface area (Å²) < 4.78 is 13.4. The summed E-state index contributed by atoms with van der Waals surface area (Å²) in [5.41, 5.74) is 3.03. The summed E-state index contributed by atoms with van der Waals surface area (Å²) in [6, 6.07) is 14.6. The van der Waals surface area contributed by atoms with Crippen LogP contribution in [0.5, 0.6) is 0 Å². The fourth-order valence-electron chi connectivity index (χ4n) is 2.15. The van der Waals surface area contributed by atoms with E-state index >= 15 is 0 Å². The molecule has 4 heteroatoms. The van der Waals surface area contributed by atoms with Gasteiger partial charge in [0.05, 0.1) is 0 Å². The second-order valence-corrected chi connectivity index (χ2v) is 5.26. The van der Waals surface area contributed by atoms with Gasteiger partial charge in [-0.2, -0.15) is 0 Å². The maximum atomic E-state index is 13.4. The molecule has 2 aromatic carbocycles. The molecule has 2 N–H and O–H groups in total. The number of amides is 2. The molecule has 0 saturated heterocycles. The van der Waals surface area contributed by atoms with Crippen molar-refractivity contribution in [2.45, 2.75) is 19.8 Å². The summed E-state index contributed by atoms with van der Waals surface area (Å²) in [6.07, 6.45) is 1.28. The SMILES string of the molecule is Cc1ccc(CCNC(=O)NCCc2ccccc2F)cc1. The van der Waals surface area contributed by atoms with Gasteiger partial charge in [-0.15, -0.1) is 0 Å². The molecule has 0 aromatic heterocycles. The van der Waals surface area contributed by atoms with E-state index < -0.39 is 0 Å². The van der Waals surface area contributed by atoms with Gasteiger partial charge in [0.15, 0.2) is 0 Å². The first-order chi connectivity index (χ1) is 10.6. The lowest BCUT2D eigenvalue weighted by atomic mass is 10.1. The van der Waals surface area contributed by atoms with E-state index in [-0.39, 0.29) is 11.8 Å². The highest BCUT2D eigenvalue weighted by atomic mass is 19.1. The van der Waals surface area contributed by atoms with Crippen LogP contribution in [0.15, 0.2) is 48.5 Å². The largest absolute Gasteiger partial charge is 0.338 e. The highest BCUT2D eigenvalue weighted by Crippen LogP contribution is 2.06. The minimum Gasteiger partial charge on any atom is -0.338 e. The normalized spacial score (nSPS) is 10.3. The zero-order chi connectivity index (χ0) is 15.8. The van der Waals surface area contributed by atoms with E-state index in [2.05, 4.69) is 34.9 Å². The highest BCUT2D eigenvalue weighted by Gasteiger charge is 2.03. The van der Waals surface area contributed by atoms with Crippen LogP contribution in [0.4, 0.5) is 9.18 Å². The lowest BCUT2D eigenvalue weighted by molar-refractivity contribution is 0.241. The molecule has 22 heavy (non-hydrogen) atoms. The van der Waals surface area contributed by atoms with Crippen LogP contribution >= 0.6 is 0 Å². The van der Waals surface area contributed by atoms with Gasteiger partial charge in [0.25, 0.3) is 0 Å². The minimum absolute atomic E-state index is 0.219. The Morgan fingerprint density at radius 3 is 2.27 bits per heavy atom. The number of hydrogen-bond donors (Lipinski definition) is 2. The van der Waals surface area contributed by atoms with Crippen molar-refractivity contribution >= 4 is 6.03 Å². The molecule has 0 radical (unpaired) electrons. The van der Waals surface area contributed by atoms with Gasteiger partial charge in [0.1, 0.15) is 5.82 Å². The molecule has 2 amide bonds. The number of aryl methyl sites for hydroxylation is 1. The van der Waals surface area contributed by atoms with Crippen LogP contribution in [0.25, 0.3) is 0 Å². The fourth-order valence-corrected chi connectivity index (χ4v) is 2.15. The number of benzene rings is 2. The Hall–Kier alpha value is -2.36. The third-order valence-corrected chi connectivity index (χ3v) is 3.46. The average Bonchev–Trinajstić information content (AvgIpc) is 2.51. The van der Waals surface area contributed by atoms with Crippen molar-refractivity contribution in [2.24, 2.45) is 0 Å². The van der Waals surface area contributed by atoms with Crippen LogP contribution in [0.2, 0.25) is 0 Å². The van der Waals surface area contributed by atoms with Gasteiger partial charge in [-0.1, -0.05) is 48.0 Å². The number of nitrogens with one attached hydrogen (secondary N) is 2. The summed E-state index contributed by atoms with van der Waals surface area (Å²) in [5.74, 6) is -0.232. The van der Waals surface area contributed by atoms with Gasteiger partial charge < -0.3 is 10.6 Å². The Kier molecular flexibility index (Phi) is 5.95. The Bertz CT molecular complexity index is 611. The quantitative estimate of drug-likeness (QED) is 0.845. The molecule has 3 nitrogen and oxygen atoms in total. The van der Waals surface area contributed by atoms with E-state index in [0.717, 1.165) is 6.42 Å². The predicted octanol–water partition coefficient (Wildman–Crippen LogP) is 3.22. The standard InChI is InChI=1S/C18H21FN2O/c1-14-6-8-15(9-7-14)10-12-20-18(22)21-13-11-16-4-2-3-5-17(16)19/h2-9H,10-13H2,1H3,(H2,20,21,22). The molecular formula is C18H21FN2O. The Morgan fingerprint density at radius 2 is 1.59 bits per heavy atom. The maximum Gasteiger partial charge on any atom is 0.314 e. The fraction of sp³-hybridized carbons (Fsp3) is 0.278. The van der Waals surface area contributed by atoms with Crippen LogP contribution < -0.4 is 10.6 Å². The molecule has 116 valence electrons. The van der Waals surface area contributed by atoms with E-state index in [0.29, 0.717) is 25.1 Å². The van der Waals surface area contributed by atoms with E-state index in [1.807, 2.05) is 6.92 Å². The monoisotopic (exact) mass is 300 g/mol. The summed E-state index contributed by atoms with van der Waals surface area (Å²) in [6.45, 7) is 3.04. The number of halogens is 1. The van der Waals surface area contributed by atoms with Crippen molar-refractivity contribution in [3.05, 3.63) is 71.0 Å². The van der Waals surface area contributed by atoms with Crippen LogP contribution in [0, 0.1) is 12.7 Å². The van der Waals surface area contributed by atoms with E-state index in [1.165, 1.54) is 17.2 Å². The molecule has 0 aliphatic rings. The van der Waals surface area contributed by atoms with Crippen molar-refractivity contribution < 1.29 is 9.18 Å². The lowest BCUT2D eigenvalue weighted by Gasteiger charge is -2.08. The zero-order valence-corrected chi connectivity index (χ0v) is 12.7. The van der Waals surface area contributed by atoms with Gasteiger partial charge in [-0.3, -0.25) is 0 Å². The van der Waals surface area contributed by atoms with Crippen LogP contribution in [-0.4, -0.2) is 19.1 Å². The van der Waals surface area contributed by atoms with Gasteiger partial charge in [0.2, 0.25) is 0 Å². The van der Waals surface area contributed by atoms with Crippen molar-refractivity contribution in [3.63, 3.8) is 0 Å². The Balaban J connectivity index is 1.64. The first-order valence-corrected chi connectivity index (χ1v) is 7.46. The van der Waals surface area contributed by atoms with Crippen LogP contribution in [0.3, 0.4) is 0 Å². The topological polar surface area (TPSA) is 41.1 Å².